The molecule has 1 aromatic carbocycles. The predicted octanol–water partition coefficient (Wildman–Crippen LogP) is 2.13. The molecule has 154 valence electrons. The third kappa shape index (κ3) is 5.27. The fraction of sp³-hybridized carbons (Fsp3) is 0.619. The fourth-order valence-corrected chi connectivity index (χ4v) is 5.09. The maximum absolute atomic E-state index is 13.1. The highest BCUT2D eigenvalue weighted by molar-refractivity contribution is 8.00. The molecular weight excluding hydrogens is 374 g/mol. The van der Waals surface area contributed by atoms with Crippen LogP contribution in [0.25, 0.3) is 0 Å². The molecule has 0 radical (unpaired) electrons. The highest BCUT2D eigenvalue weighted by Crippen LogP contribution is 2.32. The summed E-state index contributed by atoms with van der Waals surface area (Å²) in [6.07, 6.45) is 1.75. The van der Waals surface area contributed by atoms with Gasteiger partial charge in [-0.15, -0.1) is 11.8 Å². The topological polar surface area (TPSA) is 61.9 Å². The van der Waals surface area contributed by atoms with E-state index in [1.165, 1.54) is 0 Å². The summed E-state index contributed by atoms with van der Waals surface area (Å²) in [6.45, 7) is 9.16. The largest absolute Gasteiger partial charge is 0.379 e. The van der Waals surface area contributed by atoms with Gasteiger partial charge in [0.25, 0.3) is 5.91 Å². The molecule has 6 nitrogen and oxygen atoms in total. The lowest BCUT2D eigenvalue weighted by Gasteiger charge is -2.29. The molecule has 0 aromatic heterocycles. The number of thioether (sulfide) groups is 1. The van der Waals surface area contributed by atoms with Crippen molar-refractivity contribution in [2.24, 2.45) is 0 Å². The number of amides is 2. The second kappa shape index (κ2) is 10.3. The van der Waals surface area contributed by atoms with E-state index < -0.39 is 6.04 Å². The van der Waals surface area contributed by atoms with Crippen molar-refractivity contribution in [3.05, 3.63) is 35.4 Å². The van der Waals surface area contributed by atoms with Crippen molar-refractivity contribution in [2.75, 3.05) is 45.1 Å². The Bertz CT molecular complexity index is 679. The third-order valence-electron chi connectivity index (χ3n) is 5.30. The first-order chi connectivity index (χ1) is 13.6. The lowest BCUT2D eigenvalue weighted by Crippen LogP contribution is -2.50. The molecule has 0 bridgehead atoms. The average Bonchev–Trinajstić information content (AvgIpc) is 3.15. The third-order valence-corrected chi connectivity index (χ3v) is 6.75. The Morgan fingerprint density at radius 1 is 1.29 bits per heavy atom. The van der Waals surface area contributed by atoms with E-state index in [9.17, 15) is 9.59 Å². The summed E-state index contributed by atoms with van der Waals surface area (Å²) >= 11 is 1.70. The van der Waals surface area contributed by atoms with Gasteiger partial charge < -0.3 is 15.0 Å². The number of carbonyl (C=O) groups is 2. The van der Waals surface area contributed by atoms with Crippen molar-refractivity contribution in [1.29, 1.82) is 0 Å². The Labute approximate surface area is 172 Å². The van der Waals surface area contributed by atoms with Crippen LogP contribution in [0, 0.1) is 6.92 Å². The molecule has 3 rings (SSSR count). The van der Waals surface area contributed by atoms with Gasteiger partial charge in [0, 0.05) is 31.0 Å². The molecule has 2 atom stereocenters. The molecule has 2 saturated heterocycles. The molecule has 2 fully saturated rings. The van der Waals surface area contributed by atoms with E-state index in [1.807, 2.05) is 31.2 Å². The van der Waals surface area contributed by atoms with Crippen molar-refractivity contribution in [3.8, 4) is 0 Å². The summed E-state index contributed by atoms with van der Waals surface area (Å²) in [5.41, 5.74) is 1.71. The Balaban J connectivity index is 1.56. The lowest BCUT2D eigenvalue weighted by atomic mass is 10.1. The van der Waals surface area contributed by atoms with Crippen molar-refractivity contribution in [2.45, 2.75) is 38.1 Å². The first-order valence-corrected chi connectivity index (χ1v) is 11.2. The van der Waals surface area contributed by atoms with Crippen molar-refractivity contribution in [3.63, 3.8) is 0 Å². The molecule has 2 unspecified atom stereocenters. The van der Waals surface area contributed by atoms with Crippen molar-refractivity contribution >= 4 is 23.6 Å². The smallest absolute Gasteiger partial charge is 0.255 e. The van der Waals surface area contributed by atoms with Crippen LogP contribution in [-0.2, 0) is 9.53 Å². The molecular formula is C21H31N3O3S. The van der Waals surface area contributed by atoms with Gasteiger partial charge in [-0.25, -0.2) is 0 Å². The maximum atomic E-state index is 13.1. The molecule has 1 aromatic rings. The van der Waals surface area contributed by atoms with Gasteiger partial charge in [0.1, 0.15) is 6.04 Å². The molecule has 7 heteroatoms. The zero-order valence-corrected chi connectivity index (χ0v) is 17.7. The standard InChI is InChI=1S/C21H31N3O3S/c1-3-19-24(21(26)17-7-4-6-16(2)14-17)18(15-28-19)20(25)22-8-5-9-23-10-12-27-13-11-23/h4,6-7,14,18-19H,3,5,8-13,15H2,1-2H3,(H,22,25). The zero-order chi connectivity index (χ0) is 19.9. The first-order valence-electron chi connectivity index (χ1n) is 10.2. The molecule has 28 heavy (non-hydrogen) atoms. The molecule has 1 N–H and O–H groups in total. The van der Waals surface area contributed by atoms with E-state index >= 15 is 0 Å². The summed E-state index contributed by atoms with van der Waals surface area (Å²) in [4.78, 5) is 30.1. The number of morpholine rings is 1. The number of hydrogen-bond donors (Lipinski definition) is 1. The average molecular weight is 406 g/mol. The van der Waals surface area contributed by atoms with Gasteiger partial charge in [-0.05, 0) is 38.4 Å². The summed E-state index contributed by atoms with van der Waals surface area (Å²) in [5.74, 6) is 0.575. The lowest BCUT2D eigenvalue weighted by molar-refractivity contribution is -0.124. The van der Waals surface area contributed by atoms with Crippen LogP contribution in [0.2, 0.25) is 0 Å². The number of hydrogen-bond acceptors (Lipinski definition) is 5. The van der Waals surface area contributed by atoms with Crippen LogP contribution in [0.4, 0.5) is 0 Å². The molecule has 2 aliphatic rings. The van der Waals surface area contributed by atoms with Gasteiger partial charge in [-0.3, -0.25) is 14.5 Å². The van der Waals surface area contributed by atoms with Crippen LogP contribution in [-0.4, -0.2) is 78.2 Å². The molecule has 0 spiro atoms. The summed E-state index contributed by atoms with van der Waals surface area (Å²) in [6, 6.07) is 7.21. The van der Waals surface area contributed by atoms with Crippen LogP contribution in [0.1, 0.15) is 35.7 Å². The van der Waals surface area contributed by atoms with Gasteiger partial charge in [0.2, 0.25) is 5.91 Å². The Hall–Kier alpha value is -1.57. The minimum Gasteiger partial charge on any atom is -0.379 e. The number of aryl methyl sites for hydroxylation is 1. The number of rotatable bonds is 7. The van der Waals surface area contributed by atoms with Crippen LogP contribution < -0.4 is 5.32 Å². The first kappa shape index (κ1) is 21.1. The monoisotopic (exact) mass is 405 g/mol. The van der Waals surface area contributed by atoms with Gasteiger partial charge in [-0.1, -0.05) is 24.6 Å². The number of nitrogens with zero attached hydrogens (tertiary/aromatic N) is 2. The second-order valence-corrected chi connectivity index (χ2v) is 8.60. The maximum Gasteiger partial charge on any atom is 0.255 e. The van der Waals surface area contributed by atoms with E-state index in [0.29, 0.717) is 17.9 Å². The van der Waals surface area contributed by atoms with Gasteiger partial charge in [-0.2, -0.15) is 0 Å². The highest BCUT2D eigenvalue weighted by Gasteiger charge is 2.40. The number of carbonyl (C=O) groups excluding carboxylic acids is 2. The molecule has 2 heterocycles. The zero-order valence-electron chi connectivity index (χ0n) is 16.9. The minimum atomic E-state index is -0.397. The minimum absolute atomic E-state index is 0.0357. The van der Waals surface area contributed by atoms with Crippen LogP contribution in [0.15, 0.2) is 24.3 Å². The highest BCUT2D eigenvalue weighted by atomic mass is 32.2. The fourth-order valence-electron chi connectivity index (χ4n) is 3.74. The van der Waals surface area contributed by atoms with Crippen LogP contribution in [0.3, 0.4) is 0 Å². The summed E-state index contributed by atoms with van der Waals surface area (Å²) < 4.78 is 5.36. The van der Waals surface area contributed by atoms with E-state index in [2.05, 4.69) is 17.1 Å². The van der Waals surface area contributed by atoms with Gasteiger partial charge in [0.05, 0.1) is 18.6 Å². The molecule has 0 aliphatic carbocycles. The quantitative estimate of drug-likeness (QED) is 0.704. The van der Waals surface area contributed by atoms with E-state index in [0.717, 1.165) is 51.3 Å². The van der Waals surface area contributed by atoms with Gasteiger partial charge >= 0.3 is 0 Å². The molecule has 2 aliphatic heterocycles. The Morgan fingerprint density at radius 3 is 2.79 bits per heavy atom. The molecule has 2 amide bonds. The van der Waals surface area contributed by atoms with Crippen LogP contribution in [0.5, 0.6) is 0 Å². The predicted molar refractivity (Wildman–Crippen MR) is 113 cm³/mol. The summed E-state index contributed by atoms with van der Waals surface area (Å²) in [7, 11) is 0. The Morgan fingerprint density at radius 2 is 2.07 bits per heavy atom. The number of benzene rings is 1. The van der Waals surface area contributed by atoms with Gasteiger partial charge in [0.15, 0.2) is 0 Å². The summed E-state index contributed by atoms with van der Waals surface area (Å²) in [5, 5.41) is 3.11. The van der Waals surface area contributed by atoms with Crippen molar-refractivity contribution < 1.29 is 14.3 Å². The SMILES string of the molecule is CCC1SCC(C(=O)NCCCN2CCOCC2)N1C(=O)c1cccc(C)c1. The van der Waals surface area contributed by atoms with Crippen molar-refractivity contribution in [1.82, 2.24) is 15.1 Å². The number of nitrogens with one attached hydrogen (secondary N) is 1. The second-order valence-electron chi connectivity index (χ2n) is 7.39. The normalized spacial score (nSPS) is 23.0. The van der Waals surface area contributed by atoms with E-state index in [1.54, 1.807) is 16.7 Å². The van der Waals surface area contributed by atoms with Crippen LogP contribution >= 0.6 is 11.8 Å². The van der Waals surface area contributed by atoms with E-state index in [-0.39, 0.29) is 17.2 Å². The Kier molecular flexibility index (Phi) is 7.76. The van der Waals surface area contributed by atoms with E-state index in [4.69, 9.17) is 4.74 Å². The number of ether oxygens (including phenoxy) is 1. The molecule has 0 saturated carbocycles.